The molecule has 9 heteroatoms. The van der Waals surface area contributed by atoms with Gasteiger partial charge in [-0.05, 0) is 40.8 Å². The van der Waals surface area contributed by atoms with Crippen LogP contribution >= 0.6 is 11.8 Å². The third-order valence-electron chi connectivity index (χ3n) is 8.36. The van der Waals surface area contributed by atoms with Crippen molar-refractivity contribution in [1.29, 1.82) is 0 Å². The Balaban J connectivity index is 1.21. The molecule has 3 atom stereocenters. The summed E-state index contributed by atoms with van der Waals surface area (Å²) < 4.78 is 0. The van der Waals surface area contributed by atoms with Crippen LogP contribution < -0.4 is 5.32 Å². The summed E-state index contributed by atoms with van der Waals surface area (Å²) in [5, 5.41) is 17.0. The maximum absolute atomic E-state index is 13.9. The van der Waals surface area contributed by atoms with E-state index in [2.05, 4.69) is 34.6 Å². The van der Waals surface area contributed by atoms with Crippen LogP contribution in [0.5, 0.6) is 0 Å². The molecule has 2 fully saturated rings. The monoisotopic (exact) mass is 570 g/mol. The SMILES string of the molecule is O=C(O)[C@H](Cc1c[nH]c2ccccc12)N1C[C@H]2CCCN2C(=O)[C@@H](NCc2cccc3ccccc23)CSCC1=O. The summed E-state index contributed by atoms with van der Waals surface area (Å²) in [5.41, 5.74) is 2.92. The van der Waals surface area contributed by atoms with Gasteiger partial charge >= 0.3 is 5.97 Å². The van der Waals surface area contributed by atoms with Crippen molar-refractivity contribution in [3.05, 3.63) is 84.1 Å². The molecule has 0 unspecified atom stereocenters. The molecule has 0 radical (unpaired) electrons. The van der Waals surface area contributed by atoms with Crippen LogP contribution in [0, 0.1) is 0 Å². The average Bonchev–Trinajstić information content (AvgIpc) is 3.62. The lowest BCUT2D eigenvalue weighted by Gasteiger charge is -2.37. The number of aromatic amines is 1. The van der Waals surface area contributed by atoms with Crippen molar-refractivity contribution in [3.63, 3.8) is 0 Å². The number of thioether (sulfide) groups is 1. The highest BCUT2D eigenvalue weighted by Crippen LogP contribution is 2.26. The maximum Gasteiger partial charge on any atom is 0.326 e. The standard InChI is InChI=1S/C32H34N4O4S/c37-30-20-41-19-28(34-16-22-9-5-8-21-7-1-2-11-25(21)22)31(38)35-14-6-10-24(35)18-36(30)29(32(39)40)15-23-17-33-27-13-4-3-12-26(23)27/h1-5,7-9,11-13,17,24,28-29,33-34H,6,10,14-16,18-20H2,(H,39,40)/t24-,28+,29+/m1/s1. The third kappa shape index (κ3) is 5.69. The normalized spacial score (nSPS) is 20.9. The molecule has 3 N–H and O–H groups in total. The number of aromatic nitrogens is 1. The predicted octanol–water partition coefficient (Wildman–Crippen LogP) is 4.04. The van der Waals surface area contributed by atoms with Crippen LogP contribution in [-0.2, 0) is 27.3 Å². The van der Waals surface area contributed by atoms with Gasteiger partial charge in [-0.3, -0.25) is 9.59 Å². The highest BCUT2D eigenvalue weighted by molar-refractivity contribution is 8.00. The minimum atomic E-state index is -1.03. The van der Waals surface area contributed by atoms with Crippen LogP contribution in [0.2, 0.25) is 0 Å². The number of amides is 2. The number of H-pyrrole nitrogens is 1. The van der Waals surface area contributed by atoms with Crippen LogP contribution in [0.1, 0.15) is 24.0 Å². The molecule has 3 aromatic carbocycles. The molecule has 8 nitrogen and oxygen atoms in total. The highest BCUT2D eigenvalue weighted by Gasteiger charge is 2.39. The van der Waals surface area contributed by atoms with E-state index in [1.165, 1.54) is 16.7 Å². The van der Waals surface area contributed by atoms with Crippen molar-refractivity contribution < 1.29 is 19.5 Å². The van der Waals surface area contributed by atoms with E-state index < -0.39 is 18.1 Å². The Hall–Kier alpha value is -3.82. The predicted molar refractivity (Wildman–Crippen MR) is 162 cm³/mol. The average molecular weight is 571 g/mol. The quantitative estimate of drug-likeness (QED) is 0.310. The van der Waals surface area contributed by atoms with E-state index in [9.17, 15) is 19.5 Å². The first kappa shape index (κ1) is 27.4. The molecule has 0 spiro atoms. The van der Waals surface area contributed by atoms with Crippen molar-refractivity contribution >= 4 is 51.2 Å². The molecule has 212 valence electrons. The largest absolute Gasteiger partial charge is 0.480 e. The number of benzene rings is 3. The summed E-state index contributed by atoms with van der Waals surface area (Å²) >= 11 is 1.39. The Bertz CT molecular complexity index is 1580. The smallest absolute Gasteiger partial charge is 0.326 e. The molecule has 0 aliphatic carbocycles. The van der Waals surface area contributed by atoms with Crippen molar-refractivity contribution in [2.45, 2.75) is 43.9 Å². The zero-order chi connectivity index (χ0) is 28.3. The van der Waals surface area contributed by atoms with Gasteiger partial charge in [0.1, 0.15) is 6.04 Å². The Morgan fingerprint density at radius 2 is 1.80 bits per heavy atom. The summed E-state index contributed by atoms with van der Waals surface area (Å²) in [6.45, 7) is 1.38. The second-order valence-corrected chi connectivity index (χ2v) is 11.9. The van der Waals surface area contributed by atoms with Crippen molar-refractivity contribution in [3.8, 4) is 0 Å². The summed E-state index contributed by atoms with van der Waals surface area (Å²) in [6.07, 6.45) is 3.62. The molecule has 2 saturated heterocycles. The first-order chi connectivity index (χ1) is 20.0. The van der Waals surface area contributed by atoms with E-state index in [0.717, 1.165) is 45.6 Å². The fourth-order valence-corrected chi connectivity index (χ4v) is 7.18. The number of hydrogen-bond acceptors (Lipinski definition) is 5. The zero-order valence-electron chi connectivity index (χ0n) is 22.8. The second-order valence-electron chi connectivity index (χ2n) is 10.9. The molecule has 41 heavy (non-hydrogen) atoms. The van der Waals surface area contributed by atoms with Gasteiger partial charge in [-0.25, -0.2) is 4.79 Å². The molecule has 2 amide bonds. The van der Waals surface area contributed by atoms with Gasteiger partial charge in [-0.15, -0.1) is 11.8 Å². The number of carbonyl (C=O) groups is 3. The van der Waals surface area contributed by atoms with E-state index in [0.29, 0.717) is 18.8 Å². The Morgan fingerprint density at radius 3 is 2.66 bits per heavy atom. The number of para-hydroxylation sites is 1. The molecule has 0 bridgehead atoms. The summed E-state index contributed by atoms with van der Waals surface area (Å²) in [7, 11) is 0. The summed E-state index contributed by atoms with van der Waals surface area (Å²) in [6, 6.07) is 20.5. The second kappa shape index (κ2) is 12.0. The Kier molecular flexibility index (Phi) is 7.98. The highest BCUT2D eigenvalue weighted by atomic mass is 32.2. The van der Waals surface area contributed by atoms with Gasteiger partial charge in [0, 0.05) is 54.9 Å². The number of aliphatic carboxylic acids is 1. The lowest BCUT2D eigenvalue weighted by atomic mass is 10.0. The van der Waals surface area contributed by atoms with Gasteiger partial charge in [0.15, 0.2) is 0 Å². The topological polar surface area (TPSA) is 106 Å². The van der Waals surface area contributed by atoms with E-state index in [1.807, 2.05) is 53.6 Å². The number of hydrogen-bond donors (Lipinski definition) is 3. The number of nitrogens with zero attached hydrogens (tertiary/aromatic N) is 2. The van der Waals surface area contributed by atoms with Gasteiger partial charge in [0.25, 0.3) is 0 Å². The number of carboxylic acid groups (broad SMARTS) is 1. The number of carbonyl (C=O) groups excluding carboxylic acids is 2. The molecule has 2 aliphatic heterocycles. The van der Waals surface area contributed by atoms with Gasteiger partial charge in [0.05, 0.1) is 11.8 Å². The fourth-order valence-electron chi connectivity index (χ4n) is 6.23. The number of fused-ring (bicyclic) bond motifs is 3. The van der Waals surface area contributed by atoms with E-state index in [1.54, 1.807) is 0 Å². The summed E-state index contributed by atoms with van der Waals surface area (Å²) in [5.74, 6) is -0.637. The van der Waals surface area contributed by atoms with E-state index in [4.69, 9.17) is 0 Å². The minimum Gasteiger partial charge on any atom is -0.480 e. The zero-order valence-corrected chi connectivity index (χ0v) is 23.6. The van der Waals surface area contributed by atoms with Crippen molar-refractivity contribution in [1.82, 2.24) is 20.1 Å². The molecular formula is C32H34N4O4S. The van der Waals surface area contributed by atoms with Crippen LogP contribution in [0.3, 0.4) is 0 Å². The van der Waals surface area contributed by atoms with Crippen molar-refractivity contribution in [2.24, 2.45) is 0 Å². The minimum absolute atomic E-state index is 0.0260. The van der Waals surface area contributed by atoms with Gasteiger partial charge in [-0.1, -0.05) is 60.7 Å². The maximum atomic E-state index is 13.9. The first-order valence-corrected chi connectivity index (χ1v) is 15.3. The number of rotatable bonds is 7. The summed E-state index contributed by atoms with van der Waals surface area (Å²) in [4.78, 5) is 46.6. The number of nitrogens with one attached hydrogen (secondary N) is 2. The molecule has 2 aliphatic rings. The van der Waals surface area contributed by atoms with Crippen molar-refractivity contribution in [2.75, 3.05) is 24.6 Å². The Morgan fingerprint density at radius 1 is 1.02 bits per heavy atom. The van der Waals surface area contributed by atoms with Crippen LogP contribution in [-0.4, -0.2) is 80.4 Å². The van der Waals surface area contributed by atoms with Gasteiger partial charge in [-0.2, -0.15) is 0 Å². The van der Waals surface area contributed by atoms with E-state index in [-0.39, 0.29) is 36.6 Å². The van der Waals surface area contributed by atoms with Gasteiger partial charge < -0.3 is 25.2 Å². The fraction of sp³-hybridized carbons (Fsp3) is 0.344. The number of carboxylic acids is 1. The molecule has 1 aromatic heterocycles. The molecule has 4 aromatic rings. The molecule has 0 saturated carbocycles. The molecule has 3 heterocycles. The van der Waals surface area contributed by atoms with Crippen LogP contribution in [0.4, 0.5) is 0 Å². The van der Waals surface area contributed by atoms with Gasteiger partial charge in [0.2, 0.25) is 11.8 Å². The third-order valence-corrected chi connectivity index (χ3v) is 9.38. The van der Waals surface area contributed by atoms with Crippen LogP contribution in [0.15, 0.2) is 72.9 Å². The first-order valence-electron chi connectivity index (χ1n) is 14.1. The molecule has 6 rings (SSSR count). The Labute approximate surface area is 243 Å². The van der Waals surface area contributed by atoms with E-state index >= 15 is 0 Å². The molecular weight excluding hydrogens is 536 g/mol. The van der Waals surface area contributed by atoms with Crippen LogP contribution in [0.25, 0.3) is 21.7 Å². The lowest BCUT2D eigenvalue weighted by Crippen LogP contribution is -2.56. The lowest BCUT2D eigenvalue weighted by molar-refractivity contribution is -0.150.